The van der Waals surface area contributed by atoms with E-state index in [0.717, 1.165) is 12.2 Å². The van der Waals surface area contributed by atoms with E-state index in [4.69, 9.17) is 0 Å². The molecule has 1 N–H and O–H groups in total. The maximum Gasteiger partial charge on any atom is 0.0645 e. The van der Waals surface area contributed by atoms with Crippen LogP contribution in [0.2, 0.25) is 0 Å². The second-order valence-corrected chi connectivity index (χ2v) is 6.52. The number of aromatic nitrogens is 2. The molecule has 4 rings (SSSR count). The van der Waals surface area contributed by atoms with Crippen molar-refractivity contribution in [2.24, 2.45) is 5.41 Å². The van der Waals surface area contributed by atoms with Crippen molar-refractivity contribution in [2.75, 3.05) is 26.2 Å². The molecule has 2 aliphatic heterocycles. The number of hydrogen-bond donors (Lipinski definition) is 1. The second-order valence-electron chi connectivity index (χ2n) is 6.52. The maximum absolute atomic E-state index is 4.50. The van der Waals surface area contributed by atoms with Crippen LogP contribution in [0.3, 0.4) is 0 Å². The van der Waals surface area contributed by atoms with Crippen LogP contribution in [0.4, 0.5) is 0 Å². The summed E-state index contributed by atoms with van der Waals surface area (Å²) in [5.74, 6) is 0. The lowest BCUT2D eigenvalue weighted by Crippen LogP contribution is -2.28. The van der Waals surface area contributed by atoms with Crippen molar-refractivity contribution in [3.63, 3.8) is 0 Å². The molecule has 1 spiro atoms. The normalized spacial score (nSPS) is 25.9. The van der Waals surface area contributed by atoms with Gasteiger partial charge in [-0.25, -0.2) is 4.68 Å². The lowest BCUT2D eigenvalue weighted by atomic mass is 9.87. The number of benzene rings is 1. The van der Waals surface area contributed by atoms with E-state index >= 15 is 0 Å². The summed E-state index contributed by atoms with van der Waals surface area (Å²) >= 11 is 0. The van der Waals surface area contributed by atoms with Gasteiger partial charge in [0.05, 0.1) is 11.9 Å². The van der Waals surface area contributed by atoms with Gasteiger partial charge in [-0.3, -0.25) is 4.90 Å². The van der Waals surface area contributed by atoms with E-state index in [0.29, 0.717) is 5.41 Å². The Kier molecular flexibility index (Phi) is 3.28. The van der Waals surface area contributed by atoms with E-state index in [-0.39, 0.29) is 0 Å². The van der Waals surface area contributed by atoms with Crippen LogP contribution >= 0.6 is 0 Å². The molecule has 3 heterocycles. The molecule has 0 saturated carbocycles. The van der Waals surface area contributed by atoms with Gasteiger partial charge in [-0.1, -0.05) is 18.2 Å². The van der Waals surface area contributed by atoms with Crippen molar-refractivity contribution in [3.05, 3.63) is 48.3 Å². The standard InChI is InChI=1S/C17H22N4/c1-2-4-16(5-3-1)21-12-15(10-19-21)11-20-9-7-17(14-20)6-8-18-13-17/h1-5,10,12,18H,6-9,11,13-14H2. The van der Waals surface area contributed by atoms with Crippen LogP contribution in [-0.2, 0) is 6.54 Å². The summed E-state index contributed by atoms with van der Waals surface area (Å²) in [6.45, 7) is 5.87. The molecule has 0 aliphatic carbocycles. The van der Waals surface area contributed by atoms with Gasteiger partial charge in [-0.05, 0) is 43.5 Å². The zero-order valence-corrected chi connectivity index (χ0v) is 12.3. The van der Waals surface area contributed by atoms with Gasteiger partial charge in [0.2, 0.25) is 0 Å². The van der Waals surface area contributed by atoms with E-state index in [1.165, 1.54) is 44.6 Å². The highest BCUT2D eigenvalue weighted by molar-refractivity contribution is 5.30. The van der Waals surface area contributed by atoms with Crippen molar-refractivity contribution in [1.29, 1.82) is 0 Å². The highest BCUT2D eigenvalue weighted by Crippen LogP contribution is 2.36. The fourth-order valence-electron chi connectivity index (χ4n) is 3.73. The molecular weight excluding hydrogens is 260 g/mol. The number of rotatable bonds is 3. The molecule has 110 valence electrons. The Balaban J connectivity index is 1.43. The molecule has 4 heteroatoms. The summed E-state index contributed by atoms with van der Waals surface area (Å²) in [7, 11) is 0. The summed E-state index contributed by atoms with van der Waals surface area (Å²) in [5, 5.41) is 8.02. The number of para-hydroxylation sites is 1. The lowest BCUT2D eigenvalue weighted by molar-refractivity contribution is 0.268. The summed E-state index contributed by atoms with van der Waals surface area (Å²) in [6.07, 6.45) is 6.84. The molecule has 2 aromatic rings. The molecule has 0 amide bonds. The summed E-state index contributed by atoms with van der Waals surface area (Å²) in [4.78, 5) is 2.58. The Labute approximate surface area is 125 Å². The van der Waals surface area contributed by atoms with Gasteiger partial charge in [0.1, 0.15) is 0 Å². The lowest BCUT2D eigenvalue weighted by Gasteiger charge is -2.22. The van der Waals surface area contributed by atoms with Crippen molar-refractivity contribution in [2.45, 2.75) is 19.4 Å². The molecule has 4 nitrogen and oxygen atoms in total. The number of nitrogens with one attached hydrogen (secondary N) is 1. The van der Waals surface area contributed by atoms with Gasteiger partial charge in [-0.2, -0.15) is 5.10 Å². The highest BCUT2D eigenvalue weighted by atomic mass is 15.3. The smallest absolute Gasteiger partial charge is 0.0645 e. The third-order valence-corrected chi connectivity index (χ3v) is 4.91. The Bertz CT molecular complexity index is 598. The van der Waals surface area contributed by atoms with Gasteiger partial charge < -0.3 is 5.32 Å². The van der Waals surface area contributed by atoms with Gasteiger partial charge in [0.15, 0.2) is 0 Å². The molecule has 1 atom stereocenters. The first-order chi connectivity index (χ1) is 10.3. The molecule has 0 radical (unpaired) electrons. The van der Waals surface area contributed by atoms with E-state index in [1.807, 2.05) is 29.1 Å². The maximum atomic E-state index is 4.50. The predicted molar refractivity (Wildman–Crippen MR) is 83.4 cm³/mol. The molecule has 2 aliphatic rings. The Morgan fingerprint density at radius 1 is 1.19 bits per heavy atom. The zero-order valence-electron chi connectivity index (χ0n) is 12.3. The molecule has 0 bridgehead atoms. The van der Waals surface area contributed by atoms with Crippen LogP contribution in [0, 0.1) is 5.41 Å². The van der Waals surface area contributed by atoms with E-state index < -0.39 is 0 Å². The third-order valence-electron chi connectivity index (χ3n) is 4.91. The fourth-order valence-corrected chi connectivity index (χ4v) is 3.73. The fraction of sp³-hybridized carbons (Fsp3) is 0.471. The van der Waals surface area contributed by atoms with Crippen molar-refractivity contribution in [3.8, 4) is 5.69 Å². The van der Waals surface area contributed by atoms with Crippen molar-refractivity contribution < 1.29 is 0 Å². The molecule has 21 heavy (non-hydrogen) atoms. The number of nitrogens with zero attached hydrogens (tertiary/aromatic N) is 3. The summed E-state index contributed by atoms with van der Waals surface area (Å²) in [5.41, 5.74) is 2.98. The minimum Gasteiger partial charge on any atom is -0.316 e. The van der Waals surface area contributed by atoms with Crippen LogP contribution in [-0.4, -0.2) is 40.9 Å². The first-order valence-corrected chi connectivity index (χ1v) is 7.85. The third kappa shape index (κ3) is 2.61. The van der Waals surface area contributed by atoms with Crippen molar-refractivity contribution >= 4 is 0 Å². The Morgan fingerprint density at radius 2 is 2.10 bits per heavy atom. The molecular formula is C17H22N4. The van der Waals surface area contributed by atoms with Crippen molar-refractivity contribution in [1.82, 2.24) is 20.0 Å². The number of hydrogen-bond acceptors (Lipinski definition) is 3. The Morgan fingerprint density at radius 3 is 2.90 bits per heavy atom. The second kappa shape index (κ2) is 5.28. The zero-order chi connectivity index (χ0) is 14.1. The number of likely N-dealkylation sites (tertiary alicyclic amines) is 1. The largest absolute Gasteiger partial charge is 0.316 e. The molecule has 1 aromatic carbocycles. The van der Waals surface area contributed by atoms with E-state index in [1.54, 1.807) is 0 Å². The minimum atomic E-state index is 0.551. The van der Waals surface area contributed by atoms with Gasteiger partial charge in [-0.15, -0.1) is 0 Å². The topological polar surface area (TPSA) is 33.1 Å². The van der Waals surface area contributed by atoms with Gasteiger partial charge in [0, 0.05) is 31.4 Å². The monoisotopic (exact) mass is 282 g/mol. The SMILES string of the molecule is c1ccc(-n2cc(CN3CCC4(CCNC4)C3)cn2)cc1. The molecule has 1 aromatic heterocycles. The average Bonchev–Trinajstić information content (AvgIpc) is 3.24. The minimum absolute atomic E-state index is 0.551. The van der Waals surface area contributed by atoms with Gasteiger partial charge >= 0.3 is 0 Å². The van der Waals surface area contributed by atoms with Crippen LogP contribution in [0.25, 0.3) is 5.69 Å². The van der Waals surface area contributed by atoms with Crippen LogP contribution in [0.1, 0.15) is 18.4 Å². The van der Waals surface area contributed by atoms with Crippen LogP contribution in [0.5, 0.6) is 0 Å². The van der Waals surface area contributed by atoms with Crippen LogP contribution in [0.15, 0.2) is 42.7 Å². The first kappa shape index (κ1) is 13.0. The van der Waals surface area contributed by atoms with Gasteiger partial charge in [0.25, 0.3) is 0 Å². The Hall–Kier alpha value is -1.65. The average molecular weight is 282 g/mol. The summed E-state index contributed by atoms with van der Waals surface area (Å²) < 4.78 is 1.97. The van der Waals surface area contributed by atoms with Crippen LogP contribution < -0.4 is 5.32 Å². The highest BCUT2D eigenvalue weighted by Gasteiger charge is 2.40. The molecule has 2 saturated heterocycles. The van der Waals surface area contributed by atoms with E-state index in [2.05, 4.69) is 33.6 Å². The summed E-state index contributed by atoms with van der Waals surface area (Å²) in [6, 6.07) is 10.3. The van der Waals surface area contributed by atoms with E-state index in [9.17, 15) is 0 Å². The molecule has 1 unspecified atom stereocenters. The molecule has 2 fully saturated rings. The first-order valence-electron chi connectivity index (χ1n) is 7.85. The predicted octanol–water partition coefficient (Wildman–Crippen LogP) is 2.06. The quantitative estimate of drug-likeness (QED) is 0.935.